The first-order chi connectivity index (χ1) is 7.22. The number of guanidine groups is 1. The van der Waals surface area contributed by atoms with Crippen LogP contribution in [0.5, 0.6) is 0 Å². The molecule has 2 N–H and O–H groups in total. The van der Waals surface area contributed by atoms with Gasteiger partial charge in [-0.3, -0.25) is 4.72 Å². The number of hydrogen-bond donors (Lipinski definition) is 2. The van der Waals surface area contributed by atoms with Gasteiger partial charge in [0.25, 0.3) is 0 Å². The molecular weight excluding hydrogens is 318 g/mol. The number of aliphatic imine (C=N–C) groups is 1. The molecule has 0 atom stereocenters. The highest BCUT2D eigenvalue weighted by molar-refractivity contribution is 9.10. The number of thiophene rings is 1. The van der Waals surface area contributed by atoms with E-state index in [4.69, 9.17) is 11.6 Å². The molecule has 1 aromatic rings. The molecule has 0 saturated heterocycles. The van der Waals surface area contributed by atoms with Crippen molar-refractivity contribution in [3.05, 3.63) is 8.81 Å². The fourth-order valence-electron chi connectivity index (χ4n) is 1.06. The lowest BCUT2D eigenvalue weighted by Gasteiger charge is -2.14. The van der Waals surface area contributed by atoms with Crippen molar-refractivity contribution in [2.45, 2.75) is 18.2 Å². The number of fused-ring (bicyclic) bond motifs is 1. The molecular formula is C8H9BrClN3S2. The van der Waals surface area contributed by atoms with Crippen molar-refractivity contribution in [1.29, 1.82) is 0 Å². The molecule has 3 nitrogen and oxygen atoms in total. The van der Waals surface area contributed by atoms with E-state index in [-0.39, 0.29) is 0 Å². The Bertz CT molecular complexity index is 405. The third kappa shape index (κ3) is 2.43. The Labute approximate surface area is 110 Å². The lowest BCUT2D eigenvalue weighted by molar-refractivity contribution is 0.828. The van der Waals surface area contributed by atoms with Crippen LogP contribution in [0.2, 0.25) is 4.34 Å². The standard InChI is InChI=1S/C8H9BrClN3S2/c1-2-3-11-8-12-7-5(15-13-8)4(9)6(10)14-7/h2-3H2,1H3,(H2,11,12,13). The van der Waals surface area contributed by atoms with Crippen LogP contribution in [0.3, 0.4) is 0 Å². The first kappa shape index (κ1) is 11.6. The normalized spacial score (nSPS) is 14.2. The minimum absolute atomic E-state index is 0.745. The second-order valence-corrected chi connectivity index (χ2v) is 6.13. The maximum atomic E-state index is 6.01. The summed E-state index contributed by atoms with van der Waals surface area (Å²) in [5, 5.41) is 4.16. The van der Waals surface area contributed by atoms with Gasteiger partial charge < -0.3 is 5.32 Å². The lowest BCUT2D eigenvalue weighted by Crippen LogP contribution is -2.34. The average molecular weight is 327 g/mol. The summed E-state index contributed by atoms with van der Waals surface area (Å²) in [5.41, 5.74) is 0. The van der Waals surface area contributed by atoms with E-state index >= 15 is 0 Å². The minimum atomic E-state index is 0.745. The van der Waals surface area contributed by atoms with E-state index < -0.39 is 0 Å². The van der Waals surface area contributed by atoms with Crippen LogP contribution in [-0.4, -0.2) is 12.5 Å². The van der Waals surface area contributed by atoms with Gasteiger partial charge in [0.1, 0.15) is 9.34 Å². The van der Waals surface area contributed by atoms with Crippen LogP contribution in [0.4, 0.5) is 5.00 Å². The zero-order chi connectivity index (χ0) is 10.8. The van der Waals surface area contributed by atoms with Gasteiger partial charge in [-0.25, -0.2) is 4.99 Å². The molecule has 0 fully saturated rings. The number of rotatable bonds is 2. The minimum Gasteiger partial charge on any atom is -0.355 e. The van der Waals surface area contributed by atoms with Crippen molar-refractivity contribution in [2.24, 2.45) is 4.99 Å². The van der Waals surface area contributed by atoms with Gasteiger partial charge in [-0.2, -0.15) is 0 Å². The summed E-state index contributed by atoms with van der Waals surface area (Å²) in [6, 6.07) is 0. The highest BCUT2D eigenvalue weighted by atomic mass is 79.9. The maximum Gasteiger partial charge on any atom is 0.207 e. The SMILES string of the molecule is CCCNC1=Nc2sc(Cl)c(Br)c2SN1. The molecule has 2 rings (SSSR count). The monoisotopic (exact) mass is 325 g/mol. The van der Waals surface area contributed by atoms with Crippen molar-refractivity contribution < 1.29 is 0 Å². The Morgan fingerprint density at radius 3 is 3.13 bits per heavy atom. The largest absolute Gasteiger partial charge is 0.355 e. The number of nitrogens with zero attached hydrogens (tertiary/aromatic N) is 1. The van der Waals surface area contributed by atoms with E-state index in [2.05, 4.69) is 37.9 Å². The van der Waals surface area contributed by atoms with Crippen LogP contribution in [-0.2, 0) is 0 Å². The molecule has 7 heteroatoms. The maximum absolute atomic E-state index is 6.01. The van der Waals surface area contributed by atoms with Crippen LogP contribution >= 0.6 is 50.8 Å². The highest BCUT2D eigenvalue weighted by Gasteiger charge is 2.20. The summed E-state index contributed by atoms with van der Waals surface area (Å²) in [4.78, 5) is 5.50. The second kappa shape index (κ2) is 4.95. The zero-order valence-corrected chi connectivity index (χ0v) is 11.9. The van der Waals surface area contributed by atoms with Crippen LogP contribution in [0.15, 0.2) is 14.4 Å². The van der Waals surface area contributed by atoms with E-state index in [1.54, 1.807) is 0 Å². The molecule has 0 aliphatic carbocycles. The van der Waals surface area contributed by atoms with E-state index in [9.17, 15) is 0 Å². The highest BCUT2D eigenvalue weighted by Crippen LogP contribution is 2.48. The van der Waals surface area contributed by atoms with Gasteiger partial charge in [-0.05, 0) is 34.3 Å². The fourth-order valence-corrected chi connectivity index (χ4v) is 3.89. The van der Waals surface area contributed by atoms with Crippen LogP contribution < -0.4 is 10.0 Å². The predicted octanol–water partition coefficient (Wildman–Crippen LogP) is 3.76. The molecule has 1 aliphatic heterocycles. The molecule has 0 unspecified atom stereocenters. The Hall–Kier alpha value is 0.0900. The van der Waals surface area contributed by atoms with E-state index in [1.807, 2.05) is 0 Å². The van der Waals surface area contributed by atoms with Gasteiger partial charge in [0.15, 0.2) is 0 Å². The van der Waals surface area contributed by atoms with Crippen LogP contribution in [0.25, 0.3) is 0 Å². The fraction of sp³-hybridized carbons (Fsp3) is 0.375. The molecule has 1 aliphatic rings. The van der Waals surface area contributed by atoms with Gasteiger partial charge in [0.05, 0.1) is 9.37 Å². The number of nitrogens with one attached hydrogen (secondary N) is 2. The van der Waals surface area contributed by atoms with Gasteiger partial charge in [0.2, 0.25) is 5.96 Å². The molecule has 0 spiro atoms. The van der Waals surface area contributed by atoms with E-state index in [0.29, 0.717) is 0 Å². The first-order valence-corrected chi connectivity index (χ1v) is 7.26. The van der Waals surface area contributed by atoms with Gasteiger partial charge in [-0.1, -0.05) is 18.5 Å². The van der Waals surface area contributed by atoms with E-state index in [1.165, 1.54) is 23.3 Å². The summed E-state index contributed by atoms with van der Waals surface area (Å²) in [6.07, 6.45) is 1.08. The lowest BCUT2D eigenvalue weighted by atomic mass is 10.5. The molecule has 0 bridgehead atoms. The molecule has 82 valence electrons. The summed E-state index contributed by atoms with van der Waals surface area (Å²) < 4.78 is 4.81. The first-order valence-electron chi connectivity index (χ1n) is 4.45. The second-order valence-electron chi connectivity index (χ2n) is 2.92. The van der Waals surface area contributed by atoms with E-state index in [0.717, 1.165) is 37.6 Å². The quantitative estimate of drug-likeness (QED) is 0.812. The Balaban J connectivity index is 2.21. The van der Waals surface area contributed by atoms with Crippen LogP contribution in [0.1, 0.15) is 13.3 Å². The zero-order valence-electron chi connectivity index (χ0n) is 7.93. The number of halogens is 2. The van der Waals surface area contributed by atoms with Crippen molar-refractivity contribution in [2.75, 3.05) is 6.54 Å². The topological polar surface area (TPSA) is 36.4 Å². The molecule has 0 aromatic carbocycles. The Morgan fingerprint density at radius 1 is 1.60 bits per heavy atom. The third-order valence-corrected chi connectivity index (χ3v) is 5.62. The van der Waals surface area contributed by atoms with Crippen LogP contribution in [0, 0.1) is 0 Å². The molecule has 15 heavy (non-hydrogen) atoms. The molecule has 0 amide bonds. The molecule has 1 aromatic heterocycles. The Morgan fingerprint density at radius 2 is 2.40 bits per heavy atom. The smallest absolute Gasteiger partial charge is 0.207 e. The summed E-state index contributed by atoms with van der Waals surface area (Å²) in [5.74, 6) is 0.805. The molecule has 2 heterocycles. The predicted molar refractivity (Wildman–Crippen MR) is 71.4 cm³/mol. The molecule has 0 saturated carbocycles. The molecule has 0 radical (unpaired) electrons. The summed E-state index contributed by atoms with van der Waals surface area (Å²) >= 11 is 12.5. The van der Waals surface area contributed by atoms with Crippen molar-refractivity contribution in [3.63, 3.8) is 0 Å². The summed E-state index contributed by atoms with van der Waals surface area (Å²) in [6.45, 7) is 3.04. The summed E-state index contributed by atoms with van der Waals surface area (Å²) in [7, 11) is 0. The van der Waals surface area contributed by atoms with Gasteiger partial charge >= 0.3 is 0 Å². The van der Waals surface area contributed by atoms with Crippen molar-refractivity contribution >= 4 is 61.8 Å². The van der Waals surface area contributed by atoms with Gasteiger partial charge in [-0.15, -0.1) is 11.3 Å². The number of hydrogen-bond acceptors (Lipinski definition) is 5. The van der Waals surface area contributed by atoms with Gasteiger partial charge in [0, 0.05) is 6.54 Å². The van der Waals surface area contributed by atoms with Crippen molar-refractivity contribution in [3.8, 4) is 0 Å². The third-order valence-electron chi connectivity index (χ3n) is 1.76. The Kier molecular flexibility index (Phi) is 3.82. The average Bonchev–Trinajstić information content (AvgIpc) is 2.52. The van der Waals surface area contributed by atoms with Crippen molar-refractivity contribution in [1.82, 2.24) is 10.0 Å².